The minimum Gasteiger partial charge on any atom is -0.327 e. The van der Waals surface area contributed by atoms with E-state index < -0.39 is 0 Å². The second-order valence-corrected chi connectivity index (χ2v) is 1.79. The van der Waals surface area contributed by atoms with Crippen LogP contribution in [0.25, 0.3) is 0 Å². The summed E-state index contributed by atoms with van der Waals surface area (Å²) < 4.78 is 0. The summed E-state index contributed by atoms with van der Waals surface area (Å²) in [6.07, 6.45) is 4.61. The van der Waals surface area contributed by atoms with Gasteiger partial charge < -0.3 is 11.5 Å². The lowest BCUT2D eigenvalue weighted by molar-refractivity contribution is 1.04. The molecule has 0 aromatic rings. The maximum absolute atomic E-state index is 5.37. The predicted octanol–water partition coefficient (Wildman–Crippen LogP) is 0.406. The van der Waals surface area contributed by atoms with E-state index >= 15 is 0 Å². The van der Waals surface area contributed by atoms with Gasteiger partial charge in [0.1, 0.15) is 0 Å². The Labute approximate surface area is 56.2 Å². The summed E-state index contributed by atoms with van der Waals surface area (Å²) >= 11 is 0. The average Bonchev–Trinajstić information content (AvgIpc) is 1.88. The largest absolute Gasteiger partial charge is 0.327 e. The summed E-state index contributed by atoms with van der Waals surface area (Å²) in [4.78, 5) is 0. The van der Waals surface area contributed by atoms with Crippen LogP contribution in [0.15, 0.2) is 24.3 Å². The highest BCUT2D eigenvalue weighted by Crippen LogP contribution is 1.96. The molecule has 0 rings (SSSR count). The van der Waals surface area contributed by atoms with Crippen molar-refractivity contribution in [2.45, 2.75) is 6.42 Å². The third-order valence-electron chi connectivity index (χ3n) is 1.08. The molecule has 2 nitrogen and oxygen atoms in total. The van der Waals surface area contributed by atoms with E-state index in [1.807, 2.05) is 12.2 Å². The van der Waals surface area contributed by atoms with E-state index in [2.05, 4.69) is 6.58 Å². The lowest BCUT2D eigenvalue weighted by Gasteiger charge is -1.96. The summed E-state index contributed by atoms with van der Waals surface area (Å²) in [6, 6.07) is 0. The van der Waals surface area contributed by atoms with Crippen molar-refractivity contribution in [1.29, 1.82) is 0 Å². The van der Waals surface area contributed by atoms with Gasteiger partial charge in [0.05, 0.1) is 0 Å². The smallest absolute Gasteiger partial charge is 0.0140 e. The minimum atomic E-state index is 0.570. The summed E-state index contributed by atoms with van der Waals surface area (Å²) in [6.45, 7) is 4.75. The van der Waals surface area contributed by atoms with E-state index in [9.17, 15) is 0 Å². The fourth-order valence-electron chi connectivity index (χ4n) is 0.602. The van der Waals surface area contributed by atoms with Crippen molar-refractivity contribution in [3.05, 3.63) is 24.3 Å². The van der Waals surface area contributed by atoms with Crippen molar-refractivity contribution in [2.24, 2.45) is 11.5 Å². The molecule has 0 saturated heterocycles. The fraction of sp³-hybridized carbons (Fsp3) is 0.429. The molecule has 2 heteroatoms. The number of nitrogens with two attached hydrogens (primary N) is 2. The van der Waals surface area contributed by atoms with Crippen LogP contribution >= 0.6 is 0 Å². The molecule has 0 amide bonds. The van der Waals surface area contributed by atoms with Gasteiger partial charge in [0.15, 0.2) is 0 Å². The molecule has 0 radical (unpaired) electrons. The Morgan fingerprint density at radius 1 is 1.44 bits per heavy atom. The van der Waals surface area contributed by atoms with Gasteiger partial charge in [-0.1, -0.05) is 17.7 Å². The van der Waals surface area contributed by atoms with E-state index in [4.69, 9.17) is 11.5 Å². The molecule has 4 N–H and O–H groups in total. The lowest BCUT2D eigenvalue weighted by atomic mass is 10.2. The van der Waals surface area contributed by atoms with E-state index in [1.54, 1.807) is 0 Å². The molecule has 0 aromatic carbocycles. The molecule has 0 bridgehead atoms. The Hall–Kier alpha value is -0.600. The highest BCUT2D eigenvalue weighted by atomic mass is 14.5. The van der Waals surface area contributed by atoms with Crippen molar-refractivity contribution in [1.82, 2.24) is 0 Å². The van der Waals surface area contributed by atoms with Crippen LogP contribution in [0.4, 0.5) is 0 Å². The molecule has 0 heterocycles. The topological polar surface area (TPSA) is 52.0 Å². The van der Waals surface area contributed by atoms with Crippen LogP contribution in [0.3, 0.4) is 0 Å². The number of allylic oxidation sites excluding steroid dienone is 1. The molecule has 52 valence electrons. The van der Waals surface area contributed by atoms with Crippen LogP contribution in [0.2, 0.25) is 0 Å². The summed E-state index contributed by atoms with van der Waals surface area (Å²) in [5, 5.41) is 0. The molecule has 0 aliphatic rings. The zero-order valence-corrected chi connectivity index (χ0v) is 5.64. The third-order valence-corrected chi connectivity index (χ3v) is 1.08. The maximum atomic E-state index is 5.37. The maximum Gasteiger partial charge on any atom is 0.0140 e. The van der Waals surface area contributed by atoms with Gasteiger partial charge in [-0.25, -0.2) is 0 Å². The quantitative estimate of drug-likeness (QED) is 0.536. The molecule has 0 aliphatic heterocycles. The van der Waals surface area contributed by atoms with Crippen molar-refractivity contribution in [3.63, 3.8) is 0 Å². The molecule has 0 fully saturated rings. The first-order valence-corrected chi connectivity index (χ1v) is 3.04. The van der Waals surface area contributed by atoms with Crippen molar-refractivity contribution in [2.75, 3.05) is 13.1 Å². The molecular formula is C7H14N2. The van der Waals surface area contributed by atoms with Crippen LogP contribution in [-0.2, 0) is 0 Å². The highest BCUT2D eigenvalue weighted by molar-refractivity contribution is 5.07. The first kappa shape index (κ1) is 8.40. The first-order chi connectivity index (χ1) is 4.35. The van der Waals surface area contributed by atoms with E-state index in [0.29, 0.717) is 13.1 Å². The Morgan fingerprint density at radius 2 is 2.11 bits per heavy atom. The molecule has 0 unspecified atom stereocenters. The Morgan fingerprint density at radius 3 is 2.44 bits per heavy atom. The Bertz CT molecular complexity index is 105. The number of hydrogen-bond donors (Lipinski definition) is 2. The second kappa shape index (κ2) is 5.54. The van der Waals surface area contributed by atoms with Gasteiger partial charge in [0.25, 0.3) is 0 Å². The highest BCUT2D eigenvalue weighted by Gasteiger charge is 1.86. The van der Waals surface area contributed by atoms with E-state index in [1.165, 1.54) is 0 Å². The Balaban J connectivity index is 3.65. The van der Waals surface area contributed by atoms with Gasteiger partial charge in [-0.3, -0.25) is 0 Å². The fourth-order valence-corrected chi connectivity index (χ4v) is 0.602. The molecule has 0 atom stereocenters. The van der Waals surface area contributed by atoms with Crippen LogP contribution < -0.4 is 11.5 Å². The Kier molecular flexibility index (Phi) is 5.17. The molecule has 0 saturated carbocycles. The van der Waals surface area contributed by atoms with Gasteiger partial charge in [-0.15, -0.1) is 6.58 Å². The summed E-state index contributed by atoms with van der Waals surface area (Å²) in [5.74, 6) is 0. The zero-order chi connectivity index (χ0) is 7.11. The van der Waals surface area contributed by atoms with Gasteiger partial charge in [0.2, 0.25) is 0 Å². The minimum absolute atomic E-state index is 0.570. The van der Waals surface area contributed by atoms with E-state index in [-0.39, 0.29) is 0 Å². The van der Waals surface area contributed by atoms with Crippen molar-refractivity contribution < 1.29 is 0 Å². The van der Waals surface area contributed by atoms with E-state index in [0.717, 1.165) is 12.0 Å². The standard InChI is InChI=1S/C7H14N2/c1-2-3-7(6-9)4-5-8/h2,4H,1,3,5-6,8-9H2/b7-4+. The van der Waals surface area contributed by atoms with Gasteiger partial charge in [-0.05, 0) is 6.42 Å². The van der Waals surface area contributed by atoms with Crippen LogP contribution in [-0.4, -0.2) is 13.1 Å². The second-order valence-electron chi connectivity index (χ2n) is 1.79. The monoisotopic (exact) mass is 126 g/mol. The predicted molar refractivity (Wildman–Crippen MR) is 41.0 cm³/mol. The van der Waals surface area contributed by atoms with Gasteiger partial charge in [-0.2, -0.15) is 0 Å². The normalized spacial score (nSPS) is 11.6. The molecule has 0 spiro atoms. The summed E-state index contributed by atoms with van der Waals surface area (Å²) in [7, 11) is 0. The average molecular weight is 126 g/mol. The number of hydrogen-bond acceptors (Lipinski definition) is 2. The van der Waals surface area contributed by atoms with Crippen molar-refractivity contribution in [3.8, 4) is 0 Å². The molecule has 9 heavy (non-hydrogen) atoms. The van der Waals surface area contributed by atoms with Crippen molar-refractivity contribution >= 4 is 0 Å². The molecule has 0 aromatic heterocycles. The summed E-state index contributed by atoms with van der Waals surface area (Å²) in [5.41, 5.74) is 11.8. The van der Waals surface area contributed by atoms with Crippen LogP contribution in [0.1, 0.15) is 6.42 Å². The zero-order valence-electron chi connectivity index (χ0n) is 5.64. The molecule has 0 aliphatic carbocycles. The lowest BCUT2D eigenvalue weighted by Crippen LogP contribution is -2.05. The molecular weight excluding hydrogens is 112 g/mol. The third kappa shape index (κ3) is 3.94. The first-order valence-electron chi connectivity index (χ1n) is 3.04. The number of rotatable bonds is 4. The van der Waals surface area contributed by atoms with Gasteiger partial charge >= 0.3 is 0 Å². The van der Waals surface area contributed by atoms with Crippen LogP contribution in [0, 0.1) is 0 Å². The SMILES string of the molecule is C=CC/C(=C\CN)CN. The van der Waals surface area contributed by atoms with Gasteiger partial charge in [0, 0.05) is 13.1 Å². The van der Waals surface area contributed by atoms with Crippen LogP contribution in [0.5, 0.6) is 0 Å².